The molecule has 0 radical (unpaired) electrons. The van der Waals surface area contributed by atoms with Crippen molar-refractivity contribution in [2.24, 2.45) is 0 Å². The van der Waals surface area contributed by atoms with Gasteiger partial charge in [-0.15, -0.1) is 10.2 Å². The molecule has 1 saturated carbocycles. The van der Waals surface area contributed by atoms with E-state index < -0.39 is 12.0 Å². The maximum atomic E-state index is 12.7. The van der Waals surface area contributed by atoms with Crippen molar-refractivity contribution in [3.63, 3.8) is 0 Å². The quantitative estimate of drug-likeness (QED) is 0.526. The van der Waals surface area contributed by atoms with Gasteiger partial charge in [-0.1, -0.05) is 31.0 Å². The highest BCUT2D eigenvalue weighted by atomic mass is 32.2. The van der Waals surface area contributed by atoms with Crippen LogP contribution in [0.5, 0.6) is 0 Å². The molecule has 3 rings (SSSR count). The molecule has 0 atom stereocenters. The van der Waals surface area contributed by atoms with Gasteiger partial charge in [0.05, 0.1) is 19.0 Å². The number of rotatable bonds is 6. The molecule has 3 N–H and O–H groups in total. The number of hydrogen-bond acceptors (Lipinski definition) is 7. The molecule has 1 aromatic rings. The number of thioether (sulfide) groups is 1. The highest BCUT2D eigenvalue weighted by molar-refractivity contribution is 7.99. The van der Waals surface area contributed by atoms with Crippen LogP contribution in [0.3, 0.4) is 0 Å². The third kappa shape index (κ3) is 4.90. The van der Waals surface area contributed by atoms with Gasteiger partial charge >= 0.3 is 6.18 Å². The molecule has 12 heteroatoms. The van der Waals surface area contributed by atoms with Gasteiger partial charge < -0.3 is 15.9 Å². The van der Waals surface area contributed by atoms with Crippen molar-refractivity contribution >= 4 is 17.7 Å². The summed E-state index contributed by atoms with van der Waals surface area (Å²) in [5, 5.41) is 9.27. The lowest BCUT2D eigenvalue weighted by atomic mass is 9.79. The number of alkyl halides is 3. The van der Waals surface area contributed by atoms with Gasteiger partial charge in [-0.3, -0.25) is 9.69 Å². The molecule has 8 nitrogen and oxygen atoms in total. The molecule has 1 aromatic heterocycles. The van der Waals surface area contributed by atoms with Gasteiger partial charge in [0.25, 0.3) is 5.82 Å². The molecule has 1 aliphatic carbocycles. The number of nitrogens with zero attached hydrogens (tertiary/aromatic N) is 4. The van der Waals surface area contributed by atoms with Crippen LogP contribution in [0.25, 0.3) is 0 Å². The standard InChI is InChI=1S/C16H25F3N6O2S/c17-16(18,19)13-22-23-14(25(13)20)28-10-12(26)21-11-15(4-2-1-3-5-15)24-6-8-27-9-7-24/h1-11,20H2,(H,21,26). The van der Waals surface area contributed by atoms with Crippen LogP contribution in [0.15, 0.2) is 5.16 Å². The summed E-state index contributed by atoms with van der Waals surface area (Å²) in [4.78, 5) is 14.7. The predicted molar refractivity (Wildman–Crippen MR) is 97.1 cm³/mol. The third-order valence-electron chi connectivity index (χ3n) is 5.33. The number of nitrogen functional groups attached to an aromatic ring is 1. The van der Waals surface area contributed by atoms with Crippen molar-refractivity contribution in [3.8, 4) is 0 Å². The van der Waals surface area contributed by atoms with Gasteiger partial charge in [-0.25, -0.2) is 4.68 Å². The Hall–Kier alpha value is -1.53. The minimum Gasteiger partial charge on any atom is -0.379 e. The number of aromatic nitrogens is 3. The molecule has 0 aromatic carbocycles. The molecule has 0 unspecified atom stereocenters. The van der Waals surface area contributed by atoms with E-state index in [0.29, 0.717) is 24.4 Å². The lowest BCUT2D eigenvalue weighted by Crippen LogP contribution is -2.59. The number of ether oxygens (including phenoxy) is 1. The van der Waals surface area contributed by atoms with Crippen LogP contribution in [-0.2, 0) is 15.7 Å². The first-order chi connectivity index (χ1) is 13.3. The number of carbonyl (C=O) groups excluding carboxylic acids is 1. The number of amides is 1. The molecule has 2 fully saturated rings. The lowest BCUT2D eigenvalue weighted by Gasteiger charge is -2.48. The van der Waals surface area contributed by atoms with Crippen LogP contribution in [0.2, 0.25) is 0 Å². The van der Waals surface area contributed by atoms with Gasteiger partial charge in [0.1, 0.15) is 0 Å². The summed E-state index contributed by atoms with van der Waals surface area (Å²) in [7, 11) is 0. The molecular formula is C16H25F3N6O2S. The van der Waals surface area contributed by atoms with E-state index in [1.807, 2.05) is 0 Å². The Bertz CT molecular complexity index is 672. The zero-order valence-electron chi connectivity index (χ0n) is 15.5. The number of halogens is 3. The Morgan fingerprint density at radius 2 is 1.89 bits per heavy atom. The summed E-state index contributed by atoms with van der Waals surface area (Å²) < 4.78 is 43.9. The summed E-state index contributed by atoms with van der Waals surface area (Å²) in [5.41, 5.74) is -0.0697. The van der Waals surface area contributed by atoms with E-state index in [1.54, 1.807) is 0 Å². The largest absolute Gasteiger partial charge is 0.453 e. The molecule has 1 aliphatic heterocycles. The van der Waals surface area contributed by atoms with Crippen LogP contribution in [0.1, 0.15) is 37.9 Å². The SMILES string of the molecule is Nn1c(SCC(=O)NCC2(N3CCOCC3)CCCCC2)nnc1C(F)(F)F. The summed E-state index contributed by atoms with van der Waals surface area (Å²) >= 11 is 0.832. The van der Waals surface area contributed by atoms with Crippen molar-refractivity contribution in [2.45, 2.75) is 49.0 Å². The fourth-order valence-electron chi connectivity index (χ4n) is 3.87. The fraction of sp³-hybridized carbons (Fsp3) is 0.812. The Morgan fingerprint density at radius 3 is 2.50 bits per heavy atom. The van der Waals surface area contributed by atoms with Crippen molar-refractivity contribution in [3.05, 3.63) is 5.82 Å². The van der Waals surface area contributed by atoms with Crippen molar-refractivity contribution in [1.82, 2.24) is 25.1 Å². The van der Waals surface area contributed by atoms with Crippen LogP contribution in [-0.4, -0.2) is 69.8 Å². The van der Waals surface area contributed by atoms with E-state index in [0.717, 1.165) is 50.5 Å². The van der Waals surface area contributed by atoms with Crippen molar-refractivity contribution in [2.75, 3.05) is 44.4 Å². The summed E-state index contributed by atoms with van der Waals surface area (Å²) in [5.74, 6) is 3.76. The average Bonchev–Trinajstić information content (AvgIpc) is 3.07. The van der Waals surface area contributed by atoms with Crippen LogP contribution < -0.4 is 11.2 Å². The Balaban J connectivity index is 1.54. The molecule has 0 bridgehead atoms. The zero-order chi connectivity index (χ0) is 20.2. The number of hydrogen-bond donors (Lipinski definition) is 2. The molecule has 1 amide bonds. The minimum atomic E-state index is -4.69. The number of nitrogens with two attached hydrogens (primary N) is 1. The van der Waals surface area contributed by atoms with Gasteiger partial charge in [0, 0.05) is 25.2 Å². The molecule has 0 spiro atoms. The topological polar surface area (TPSA) is 98.3 Å². The Morgan fingerprint density at radius 1 is 1.21 bits per heavy atom. The smallest absolute Gasteiger partial charge is 0.379 e. The zero-order valence-corrected chi connectivity index (χ0v) is 16.3. The first-order valence-corrected chi connectivity index (χ1v) is 10.3. The van der Waals surface area contributed by atoms with Gasteiger partial charge in [0.2, 0.25) is 11.1 Å². The second-order valence-corrected chi connectivity index (χ2v) is 8.07. The van der Waals surface area contributed by atoms with Gasteiger partial charge in [0.15, 0.2) is 0 Å². The fourth-order valence-corrected chi connectivity index (χ4v) is 4.55. The monoisotopic (exact) mass is 422 g/mol. The summed E-state index contributed by atoms with van der Waals surface area (Å²) in [6.45, 7) is 3.61. The average molecular weight is 422 g/mol. The maximum Gasteiger partial charge on any atom is 0.453 e. The van der Waals surface area contributed by atoms with Gasteiger partial charge in [-0.05, 0) is 12.8 Å². The molecule has 28 heavy (non-hydrogen) atoms. The highest BCUT2D eigenvalue weighted by Gasteiger charge is 2.39. The second-order valence-electron chi connectivity index (χ2n) is 7.12. The Kier molecular flexibility index (Phi) is 6.71. The van der Waals surface area contributed by atoms with Crippen LogP contribution >= 0.6 is 11.8 Å². The minimum absolute atomic E-state index is 0.0697. The van der Waals surface area contributed by atoms with E-state index in [4.69, 9.17) is 10.6 Å². The molecule has 158 valence electrons. The second kappa shape index (κ2) is 8.87. The van der Waals surface area contributed by atoms with E-state index in [1.165, 1.54) is 6.42 Å². The number of morpholine rings is 1. The first kappa shape index (κ1) is 21.2. The van der Waals surface area contributed by atoms with E-state index in [-0.39, 0.29) is 22.4 Å². The van der Waals surface area contributed by atoms with Crippen LogP contribution in [0.4, 0.5) is 13.2 Å². The van der Waals surface area contributed by atoms with Crippen molar-refractivity contribution < 1.29 is 22.7 Å². The van der Waals surface area contributed by atoms with Crippen molar-refractivity contribution in [1.29, 1.82) is 0 Å². The first-order valence-electron chi connectivity index (χ1n) is 9.32. The molecule has 1 saturated heterocycles. The molecular weight excluding hydrogens is 397 g/mol. The third-order valence-corrected chi connectivity index (χ3v) is 6.27. The molecule has 2 heterocycles. The predicted octanol–water partition coefficient (Wildman–Crippen LogP) is 1.25. The summed E-state index contributed by atoms with van der Waals surface area (Å²) in [6, 6.07) is 0. The van der Waals surface area contributed by atoms with Crippen LogP contribution in [0, 0.1) is 0 Å². The Labute approximate surface area is 165 Å². The normalized spacial score (nSPS) is 20.8. The highest BCUT2D eigenvalue weighted by Crippen LogP contribution is 2.34. The lowest BCUT2D eigenvalue weighted by molar-refractivity contribution is -0.146. The van der Waals surface area contributed by atoms with E-state index >= 15 is 0 Å². The van der Waals surface area contributed by atoms with Gasteiger partial charge in [-0.2, -0.15) is 13.2 Å². The summed E-state index contributed by atoms with van der Waals surface area (Å²) in [6.07, 6.45) is 0.799. The number of carbonyl (C=O) groups is 1. The number of nitrogens with one attached hydrogen (secondary N) is 1. The van der Waals surface area contributed by atoms with E-state index in [9.17, 15) is 18.0 Å². The maximum absolute atomic E-state index is 12.7. The van der Waals surface area contributed by atoms with E-state index in [2.05, 4.69) is 20.4 Å². The molecule has 2 aliphatic rings.